The zero-order valence-corrected chi connectivity index (χ0v) is 12.8. The molecule has 0 radical (unpaired) electrons. The first kappa shape index (κ1) is 17.4. The van der Waals surface area contributed by atoms with Crippen molar-refractivity contribution in [2.45, 2.75) is 13.5 Å². The molecule has 0 amide bonds. The van der Waals surface area contributed by atoms with Crippen molar-refractivity contribution in [3.05, 3.63) is 83.2 Å². The maximum Gasteiger partial charge on any atom is 0.355 e. The lowest BCUT2D eigenvalue weighted by Crippen LogP contribution is -2.29. The normalized spacial score (nSPS) is 14.7. The molecule has 1 aliphatic rings. The van der Waals surface area contributed by atoms with Crippen LogP contribution in [-0.4, -0.2) is 16.0 Å². The molecule has 0 fully saturated rings. The van der Waals surface area contributed by atoms with Crippen LogP contribution in [0.25, 0.3) is 0 Å². The number of aliphatic carboxylic acids is 1. The van der Waals surface area contributed by atoms with Gasteiger partial charge >= 0.3 is 5.97 Å². The molecular formula is C17H15F3N2O2. The molecule has 1 aromatic rings. The molecule has 0 unspecified atom stereocenters. The van der Waals surface area contributed by atoms with E-state index >= 15 is 0 Å². The van der Waals surface area contributed by atoms with Gasteiger partial charge in [0.05, 0.1) is 5.70 Å². The third kappa shape index (κ3) is 3.51. The minimum absolute atomic E-state index is 0.0799. The van der Waals surface area contributed by atoms with Crippen molar-refractivity contribution >= 4 is 5.97 Å². The Balaban J connectivity index is 2.31. The second-order valence-electron chi connectivity index (χ2n) is 4.97. The number of hydrogen-bond acceptors (Lipinski definition) is 3. The monoisotopic (exact) mass is 336 g/mol. The van der Waals surface area contributed by atoms with E-state index in [4.69, 9.17) is 0 Å². The molecule has 1 aromatic carbocycles. The summed E-state index contributed by atoms with van der Waals surface area (Å²) in [5, 5.41) is 12.2. The Morgan fingerprint density at radius 2 is 1.92 bits per heavy atom. The van der Waals surface area contributed by atoms with Gasteiger partial charge in [-0.25, -0.2) is 18.0 Å². The summed E-state index contributed by atoms with van der Waals surface area (Å²) in [6.45, 7) is 5.40. The van der Waals surface area contributed by atoms with Crippen molar-refractivity contribution in [3.8, 4) is 0 Å². The highest BCUT2D eigenvalue weighted by molar-refractivity contribution is 5.88. The summed E-state index contributed by atoms with van der Waals surface area (Å²) in [5.74, 6) is -5.35. The maximum absolute atomic E-state index is 13.2. The SMILES string of the molecule is C=C1C=CC(NCc2cc(F)c(F)c(F)c2)=C(C(=O)O)N1/C=C\C. The molecule has 0 atom stereocenters. The smallest absolute Gasteiger partial charge is 0.355 e. The van der Waals surface area contributed by atoms with Crippen LogP contribution >= 0.6 is 0 Å². The molecule has 2 rings (SSSR count). The van der Waals surface area contributed by atoms with Crippen molar-refractivity contribution in [2.75, 3.05) is 0 Å². The van der Waals surface area contributed by atoms with Crippen LogP contribution in [0.5, 0.6) is 0 Å². The zero-order valence-electron chi connectivity index (χ0n) is 12.8. The number of benzene rings is 1. The van der Waals surface area contributed by atoms with Crippen molar-refractivity contribution in [2.24, 2.45) is 0 Å². The Labute approximate surface area is 136 Å². The molecule has 0 saturated heterocycles. The van der Waals surface area contributed by atoms with E-state index in [1.54, 1.807) is 19.1 Å². The summed E-state index contributed by atoms with van der Waals surface area (Å²) in [4.78, 5) is 12.9. The van der Waals surface area contributed by atoms with Crippen molar-refractivity contribution < 1.29 is 23.1 Å². The number of carboxylic acid groups (broad SMARTS) is 1. The lowest BCUT2D eigenvalue weighted by molar-refractivity contribution is -0.134. The van der Waals surface area contributed by atoms with Crippen molar-refractivity contribution in [3.63, 3.8) is 0 Å². The summed E-state index contributed by atoms with van der Waals surface area (Å²) in [7, 11) is 0. The molecule has 0 aromatic heterocycles. The minimum Gasteiger partial charge on any atom is -0.476 e. The first-order chi connectivity index (χ1) is 11.3. The number of hydrogen-bond donors (Lipinski definition) is 2. The van der Waals surface area contributed by atoms with Crippen LogP contribution in [0.2, 0.25) is 0 Å². The molecule has 0 spiro atoms. The number of carbonyl (C=O) groups is 1. The molecule has 4 nitrogen and oxygen atoms in total. The predicted octanol–water partition coefficient (Wildman–Crippen LogP) is 3.41. The van der Waals surface area contributed by atoms with Gasteiger partial charge in [0.15, 0.2) is 23.1 Å². The summed E-state index contributed by atoms with van der Waals surface area (Å²) in [6.07, 6.45) is 6.28. The van der Waals surface area contributed by atoms with Crippen LogP contribution in [0.1, 0.15) is 12.5 Å². The molecule has 7 heteroatoms. The topological polar surface area (TPSA) is 52.6 Å². The van der Waals surface area contributed by atoms with Gasteiger partial charge in [-0.05, 0) is 36.8 Å². The molecule has 1 heterocycles. The Hall–Kier alpha value is -2.96. The van der Waals surface area contributed by atoms with Gasteiger partial charge in [0, 0.05) is 18.4 Å². The number of rotatable bonds is 5. The van der Waals surface area contributed by atoms with Gasteiger partial charge < -0.3 is 15.3 Å². The van der Waals surface area contributed by atoms with E-state index in [0.29, 0.717) is 5.70 Å². The lowest BCUT2D eigenvalue weighted by Gasteiger charge is -2.27. The lowest BCUT2D eigenvalue weighted by atomic mass is 10.1. The molecule has 24 heavy (non-hydrogen) atoms. The van der Waals surface area contributed by atoms with E-state index in [1.165, 1.54) is 17.2 Å². The molecular weight excluding hydrogens is 321 g/mol. The van der Waals surface area contributed by atoms with Gasteiger partial charge in [-0.2, -0.15) is 0 Å². The van der Waals surface area contributed by atoms with E-state index in [-0.39, 0.29) is 23.5 Å². The fourth-order valence-corrected chi connectivity index (χ4v) is 2.20. The molecule has 126 valence electrons. The highest BCUT2D eigenvalue weighted by Crippen LogP contribution is 2.23. The van der Waals surface area contributed by atoms with Gasteiger partial charge in [0.1, 0.15) is 0 Å². The van der Waals surface area contributed by atoms with E-state index < -0.39 is 23.4 Å². The molecule has 0 saturated carbocycles. The molecule has 0 bridgehead atoms. The second kappa shape index (κ2) is 7.08. The first-order valence-electron chi connectivity index (χ1n) is 6.99. The highest BCUT2D eigenvalue weighted by Gasteiger charge is 2.23. The number of nitrogens with one attached hydrogen (secondary N) is 1. The van der Waals surface area contributed by atoms with Crippen LogP contribution in [0.15, 0.2) is 60.2 Å². The van der Waals surface area contributed by atoms with Crippen LogP contribution < -0.4 is 5.32 Å². The molecule has 2 N–H and O–H groups in total. The number of nitrogens with zero attached hydrogens (tertiary/aromatic N) is 1. The highest BCUT2D eigenvalue weighted by atomic mass is 19.2. The Morgan fingerprint density at radius 3 is 2.46 bits per heavy atom. The van der Waals surface area contributed by atoms with Gasteiger partial charge in [0.25, 0.3) is 0 Å². The maximum atomic E-state index is 13.2. The van der Waals surface area contributed by atoms with Crippen LogP contribution in [0, 0.1) is 17.5 Å². The van der Waals surface area contributed by atoms with Gasteiger partial charge in [-0.15, -0.1) is 0 Å². The van der Waals surface area contributed by atoms with Crippen molar-refractivity contribution in [1.82, 2.24) is 10.2 Å². The zero-order chi connectivity index (χ0) is 17.9. The third-order valence-electron chi connectivity index (χ3n) is 3.28. The number of carboxylic acids is 1. The Morgan fingerprint density at radius 1 is 1.29 bits per heavy atom. The second-order valence-corrected chi connectivity index (χ2v) is 4.97. The van der Waals surface area contributed by atoms with E-state index in [2.05, 4.69) is 11.9 Å². The number of allylic oxidation sites excluding steroid dienone is 3. The first-order valence-corrected chi connectivity index (χ1v) is 6.99. The summed E-state index contributed by atoms with van der Waals surface area (Å²) in [5.41, 5.74) is 0.746. The summed E-state index contributed by atoms with van der Waals surface area (Å²) >= 11 is 0. The van der Waals surface area contributed by atoms with E-state index in [1.807, 2.05) is 0 Å². The van der Waals surface area contributed by atoms with Gasteiger partial charge in [-0.1, -0.05) is 12.7 Å². The van der Waals surface area contributed by atoms with Gasteiger partial charge in [-0.3, -0.25) is 0 Å². The summed E-state index contributed by atoms with van der Waals surface area (Å²) in [6, 6.07) is 1.70. The third-order valence-corrected chi connectivity index (χ3v) is 3.28. The Kier molecular flexibility index (Phi) is 5.13. The Bertz CT molecular complexity index is 759. The average molecular weight is 336 g/mol. The minimum atomic E-state index is -1.54. The van der Waals surface area contributed by atoms with Crippen LogP contribution in [0.4, 0.5) is 13.2 Å². The van der Waals surface area contributed by atoms with Crippen LogP contribution in [0.3, 0.4) is 0 Å². The molecule has 0 aliphatic carbocycles. The van der Waals surface area contributed by atoms with Crippen LogP contribution in [-0.2, 0) is 11.3 Å². The largest absolute Gasteiger partial charge is 0.476 e. The quantitative estimate of drug-likeness (QED) is 0.809. The van der Waals surface area contributed by atoms with Gasteiger partial charge in [0.2, 0.25) is 0 Å². The fourth-order valence-electron chi connectivity index (χ4n) is 2.20. The fraction of sp³-hybridized carbons (Fsp3) is 0.118. The molecule has 1 aliphatic heterocycles. The van der Waals surface area contributed by atoms with E-state index in [9.17, 15) is 23.1 Å². The predicted molar refractivity (Wildman–Crippen MR) is 82.8 cm³/mol. The van der Waals surface area contributed by atoms with E-state index in [0.717, 1.165) is 12.1 Å². The average Bonchev–Trinajstić information content (AvgIpc) is 2.52. The number of halogens is 3. The standard InChI is InChI=1S/C17H15F3N2O2/c1-3-6-22-10(2)4-5-14(16(22)17(23)24)21-9-11-7-12(18)15(20)13(19)8-11/h3-8,21H,2,9H2,1H3,(H,23,24)/b6-3-. The van der Waals surface area contributed by atoms with Crippen molar-refractivity contribution in [1.29, 1.82) is 0 Å². The summed E-state index contributed by atoms with van der Waals surface area (Å²) < 4.78 is 39.4.